The van der Waals surface area contributed by atoms with Crippen molar-refractivity contribution in [2.24, 2.45) is 0 Å². The average Bonchev–Trinajstić information content (AvgIpc) is 3.00. The predicted molar refractivity (Wildman–Crippen MR) is 116 cm³/mol. The van der Waals surface area contributed by atoms with Crippen LogP contribution in [0.4, 0.5) is 0 Å². The highest BCUT2D eigenvalue weighted by Crippen LogP contribution is 2.27. The summed E-state index contributed by atoms with van der Waals surface area (Å²) in [5.74, 6) is 3.36. The third-order valence-electron chi connectivity index (χ3n) is 5.87. The van der Waals surface area contributed by atoms with Crippen molar-refractivity contribution in [3.8, 4) is 5.75 Å². The first-order valence-electron chi connectivity index (χ1n) is 11.0. The van der Waals surface area contributed by atoms with E-state index in [0.717, 1.165) is 50.5 Å². The molecule has 0 aliphatic carbocycles. The molecule has 0 bridgehead atoms. The van der Waals surface area contributed by atoms with Crippen LogP contribution < -0.4 is 10.1 Å². The maximum absolute atomic E-state index is 12.4. The van der Waals surface area contributed by atoms with Gasteiger partial charge in [-0.15, -0.1) is 10.2 Å². The van der Waals surface area contributed by atoms with Gasteiger partial charge in [0.15, 0.2) is 0 Å². The number of hydrogen-bond donors (Lipinski definition) is 1. The van der Waals surface area contributed by atoms with E-state index >= 15 is 0 Å². The van der Waals surface area contributed by atoms with Crippen LogP contribution in [-0.4, -0.2) is 58.4 Å². The van der Waals surface area contributed by atoms with Crippen LogP contribution in [0.2, 0.25) is 5.02 Å². The molecular formula is C22H30ClN5O2. The maximum atomic E-state index is 12.4. The number of rotatable bonds is 7. The molecule has 2 aliphatic rings. The summed E-state index contributed by atoms with van der Waals surface area (Å²) in [5.41, 5.74) is 0. The Morgan fingerprint density at radius 3 is 3.03 bits per heavy atom. The van der Waals surface area contributed by atoms with E-state index in [1.807, 2.05) is 12.1 Å². The Morgan fingerprint density at radius 1 is 1.20 bits per heavy atom. The van der Waals surface area contributed by atoms with Gasteiger partial charge in [0.1, 0.15) is 24.0 Å². The van der Waals surface area contributed by atoms with Crippen LogP contribution in [0.25, 0.3) is 0 Å². The smallest absolute Gasteiger partial charge is 0.234 e. The zero-order chi connectivity index (χ0) is 20.8. The molecule has 2 aliphatic heterocycles. The number of carbonyl (C=O) groups is 1. The minimum absolute atomic E-state index is 0.0328. The molecule has 1 N–H and O–H groups in total. The second kappa shape index (κ2) is 10.3. The van der Waals surface area contributed by atoms with Crippen molar-refractivity contribution in [1.29, 1.82) is 0 Å². The molecule has 1 aromatic heterocycles. The Morgan fingerprint density at radius 2 is 2.13 bits per heavy atom. The van der Waals surface area contributed by atoms with Gasteiger partial charge in [0.2, 0.25) is 5.91 Å². The molecule has 0 saturated carbocycles. The molecule has 8 heteroatoms. The van der Waals surface area contributed by atoms with Crippen LogP contribution in [0, 0.1) is 0 Å². The first-order valence-corrected chi connectivity index (χ1v) is 11.4. The van der Waals surface area contributed by atoms with E-state index in [-0.39, 0.29) is 5.91 Å². The number of piperidine rings is 1. The van der Waals surface area contributed by atoms with E-state index in [9.17, 15) is 4.79 Å². The summed E-state index contributed by atoms with van der Waals surface area (Å²) in [6.07, 6.45) is 6.90. The summed E-state index contributed by atoms with van der Waals surface area (Å²) in [4.78, 5) is 14.6. The normalized spacial score (nSPS) is 19.7. The fourth-order valence-corrected chi connectivity index (χ4v) is 4.57. The lowest BCUT2D eigenvalue weighted by Crippen LogP contribution is -2.43. The third-order valence-corrected chi connectivity index (χ3v) is 6.10. The van der Waals surface area contributed by atoms with Crippen molar-refractivity contribution in [2.45, 2.75) is 51.0 Å². The lowest BCUT2D eigenvalue weighted by atomic mass is 9.97. The Balaban J connectivity index is 1.23. The number of halogens is 1. The summed E-state index contributed by atoms with van der Waals surface area (Å²) < 4.78 is 7.97. The Kier molecular flexibility index (Phi) is 7.23. The number of hydrogen-bond acceptors (Lipinski definition) is 5. The van der Waals surface area contributed by atoms with Gasteiger partial charge < -0.3 is 14.6 Å². The van der Waals surface area contributed by atoms with Gasteiger partial charge in [0, 0.05) is 30.5 Å². The lowest BCUT2D eigenvalue weighted by molar-refractivity contribution is -0.122. The largest absolute Gasteiger partial charge is 0.492 e. The van der Waals surface area contributed by atoms with Crippen molar-refractivity contribution in [3.05, 3.63) is 40.9 Å². The highest BCUT2D eigenvalue weighted by Gasteiger charge is 2.28. The van der Waals surface area contributed by atoms with E-state index < -0.39 is 0 Å². The highest BCUT2D eigenvalue weighted by atomic mass is 35.5. The van der Waals surface area contributed by atoms with E-state index in [1.54, 1.807) is 12.1 Å². The van der Waals surface area contributed by atoms with Gasteiger partial charge in [0.05, 0.1) is 13.1 Å². The van der Waals surface area contributed by atoms with Crippen molar-refractivity contribution < 1.29 is 9.53 Å². The Labute approximate surface area is 182 Å². The number of likely N-dealkylation sites (tertiary alicyclic amines) is 1. The first kappa shape index (κ1) is 21.1. The molecule has 3 heterocycles. The van der Waals surface area contributed by atoms with Gasteiger partial charge >= 0.3 is 0 Å². The van der Waals surface area contributed by atoms with Crippen LogP contribution in [0.3, 0.4) is 0 Å². The molecule has 1 saturated heterocycles. The lowest BCUT2D eigenvalue weighted by Gasteiger charge is -2.31. The Hall–Kier alpha value is -2.12. The predicted octanol–water partition coefficient (Wildman–Crippen LogP) is 3.03. The number of aryl methyl sites for hydroxylation is 1. The third kappa shape index (κ3) is 5.52. The topological polar surface area (TPSA) is 72.3 Å². The highest BCUT2D eigenvalue weighted by molar-refractivity contribution is 6.30. The first-order chi connectivity index (χ1) is 14.7. The number of fused-ring (bicyclic) bond motifs is 1. The zero-order valence-corrected chi connectivity index (χ0v) is 18.1. The molecule has 1 fully saturated rings. The van der Waals surface area contributed by atoms with Gasteiger partial charge in [-0.1, -0.05) is 24.1 Å². The van der Waals surface area contributed by atoms with E-state index in [0.29, 0.717) is 36.4 Å². The van der Waals surface area contributed by atoms with Crippen LogP contribution in [0.1, 0.15) is 49.7 Å². The van der Waals surface area contributed by atoms with Gasteiger partial charge in [-0.3, -0.25) is 9.69 Å². The number of amides is 1. The molecule has 0 spiro atoms. The molecule has 4 rings (SSSR count). The molecule has 1 atom stereocenters. The average molecular weight is 432 g/mol. The molecule has 1 unspecified atom stereocenters. The summed E-state index contributed by atoms with van der Waals surface area (Å²) in [7, 11) is 0. The number of ether oxygens (including phenoxy) is 1. The summed E-state index contributed by atoms with van der Waals surface area (Å²) >= 11 is 5.95. The number of nitrogens with one attached hydrogen (secondary N) is 1. The van der Waals surface area contributed by atoms with Crippen LogP contribution in [0.5, 0.6) is 5.75 Å². The van der Waals surface area contributed by atoms with Crippen molar-refractivity contribution in [3.63, 3.8) is 0 Å². The summed E-state index contributed by atoms with van der Waals surface area (Å²) in [6, 6.07) is 7.27. The molecule has 1 amide bonds. The molecule has 1 aromatic carbocycles. The van der Waals surface area contributed by atoms with E-state index in [2.05, 4.69) is 25.0 Å². The monoisotopic (exact) mass is 431 g/mol. The standard InChI is InChI=1S/C22H30ClN5O2/c23-18-7-4-8-19(14-18)30-13-10-24-21(29)16-27-11-5-6-17(15-27)22-26-25-20-9-2-1-3-12-28(20)22/h4,7-8,14,17H,1-3,5-6,9-13,15-16H2,(H,24,29). The zero-order valence-electron chi connectivity index (χ0n) is 17.4. The number of aromatic nitrogens is 3. The quantitative estimate of drug-likeness (QED) is 0.682. The maximum Gasteiger partial charge on any atom is 0.234 e. The van der Waals surface area contributed by atoms with Crippen molar-refractivity contribution in [1.82, 2.24) is 25.0 Å². The Bertz CT molecular complexity index is 856. The molecule has 0 radical (unpaired) electrons. The second-order valence-electron chi connectivity index (χ2n) is 8.17. The van der Waals surface area contributed by atoms with Gasteiger partial charge in [-0.25, -0.2) is 0 Å². The minimum atomic E-state index is 0.0328. The van der Waals surface area contributed by atoms with E-state index in [1.165, 1.54) is 19.3 Å². The van der Waals surface area contributed by atoms with Crippen molar-refractivity contribution >= 4 is 17.5 Å². The molecule has 162 valence electrons. The van der Waals surface area contributed by atoms with Gasteiger partial charge in [-0.05, 0) is 50.4 Å². The molecular weight excluding hydrogens is 402 g/mol. The second-order valence-corrected chi connectivity index (χ2v) is 8.60. The molecule has 7 nitrogen and oxygen atoms in total. The fraction of sp³-hybridized carbons (Fsp3) is 0.591. The van der Waals surface area contributed by atoms with Gasteiger partial charge in [0.25, 0.3) is 0 Å². The van der Waals surface area contributed by atoms with Crippen LogP contribution >= 0.6 is 11.6 Å². The summed E-state index contributed by atoms with van der Waals surface area (Å²) in [6.45, 7) is 4.14. The van der Waals surface area contributed by atoms with Crippen LogP contribution in [0.15, 0.2) is 24.3 Å². The van der Waals surface area contributed by atoms with Crippen molar-refractivity contribution in [2.75, 3.05) is 32.8 Å². The summed E-state index contributed by atoms with van der Waals surface area (Å²) in [5, 5.41) is 12.6. The van der Waals surface area contributed by atoms with E-state index in [4.69, 9.17) is 16.3 Å². The molecule has 2 aromatic rings. The fourth-order valence-electron chi connectivity index (χ4n) is 4.39. The number of carbonyl (C=O) groups excluding carboxylic acids is 1. The number of nitrogens with zero attached hydrogens (tertiary/aromatic N) is 4. The minimum Gasteiger partial charge on any atom is -0.492 e. The van der Waals surface area contributed by atoms with Gasteiger partial charge in [-0.2, -0.15) is 0 Å². The molecule has 30 heavy (non-hydrogen) atoms. The van der Waals surface area contributed by atoms with Crippen LogP contribution in [-0.2, 0) is 17.8 Å². The SMILES string of the molecule is O=C(CN1CCCC(c2nnc3n2CCCCC3)C1)NCCOc1cccc(Cl)c1. The number of benzene rings is 1.